The van der Waals surface area contributed by atoms with E-state index in [1.165, 1.54) is 64.2 Å². The minimum absolute atomic E-state index is 0.225. The fraction of sp³-hybridized carbons (Fsp3) is 0.625. The predicted molar refractivity (Wildman–Crippen MR) is 153 cm³/mol. The van der Waals surface area contributed by atoms with E-state index in [1.807, 2.05) is 39.8 Å². The van der Waals surface area contributed by atoms with Crippen molar-refractivity contribution in [1.29, 1.82) is 0 Å². The smallest absolute Gasteiger partial charge is 0.195 e. The number of benzene rings is 2. The number of rotatable bonds is 8. The summed E-state index contributed by atoms with van der Waals surface area (Å²) in [5, 5.41) is 1.06. The fourth-order valence-corrected chi connectivity index (χ4v) is 10.9. The van der Waals surface area contributed by atoms with Gasteiger partial charge in [-0.05, 0) is 66.5 Å². The highest BCUT2D eigenvalue weighted by Gasteiger charge is 2.39. The molecule has 0 aliphatic heterocycles. The zero-order valence-corrected chi connectivity index (χ0v) is 24.8. The van der Waals surface area contributed by atoms with Crippen molar-refractivity contribution < 1.29 is 22.6 Å². The van der Waals surface area contributed by atoms with Gasteiger partial charge >= 0.3 is 0 Å². The summed E-state index contributed by atoms with van der Waals surface area (Å²) in [5.41, 5.74) is 2.70. The third kappa shape index (κ3) is 5.47. The maximum absolute atomic E-state index is 15.7. The second-order valence-electron chi connectivity index (χ2n) is 11.6. The van der Waals surface area contributed by atoms with Gasteiger partial charge in [-0.15, -0.1) is 0 Å². The number of hydrogen-bond acceptors (Lipinski definition) is 2. The van der Waals surface area contributed by atoms with Crippen LogP contribution in [0.25, 0.3) is 11.1 Å². The van der Waals surface area contributed by atoms with Crippen LogP contribution in [-0.2, 0) is 0 Å². The van der Waals surface area contributed by atoms with Crippen LogP contribution in [0.1, 0.15) is 115 Å². The molecule has 0 N–H and O–H groups in total. The SMILES string of the molecule is COc1ccc(OC)c(P(C2CCCCC2)C2CCCCC2)c1-c1c(C(C)C)c(F)c(F)c(F)c1C(C)C. The Bertz CT molecular complexity index is 1070. The molecule has 0 heterocycles. The van der Waals surface area contributed by atoms with Gasteiger partial charge in [-0.1, -0.05) is 74.1 Å². The van der Waals surface area contributed by atoms with Crippen LogP contribution in [0.5, 0.6) is 11.5 Å². The van der Waals surface area contributed by atoms with Crippen molar-refractivity contribution >= 4 is 13.2 Å². The van der Waals surface area contributed by atoms with Crippen molar-refractivity contribution in [1.82, 2.24) is 0 Å². The average Bonchev–Trinajstić information content (AvgIpc) is 2.92. The highest BCUT2D eigenvalue weighted by Crippen LogP contribution is 2.59. The quantitative estimate of drug-likeness (QED) is 0.241. The summed E-state index contributed by atoms with van der Waals surface area (Å²) in [7, 11) is 2.57. The molecule has 2 aliphatic rings. The van der Waals surface area contributed by atoms with Crippen molar-refractivity contribution in [2.45, 2.75) is 115 Å². The van der Waals surface area contributed by atoms with Crippen LogP contribution < -0.4 is 14.8 Å². The Hall–Kier alpha value is -1.74. The van der Waals surface area contributed by atoms with E-state index >= 15 is 13.2 Å². The van der Waals surface area contributed by atoms with Crippen LogP contribution in [0.4, 0.5) is 13.2 Å². The molecular weight excluding hydrogens is 504 g/mol. The van der Waals surface area contributed by atoms with Crippen molar-refractivity contribution in [2.24, 2.45) is 0 Å². The fourth-order valence-electron chi connectivity index (χ4n) is 6.82. The van der Waals surface area contributed by atoms with E-state index in [9.17, 15) is 0 Å². The standard InChI is InChI=1S/C32H44F3O2P/c1-19(2)25-28(26(20(3)4)30(34)31(35)29(25)33)27-23(36-5)17-18-24(37-6)32(27)38(21-13-9-7-10-14-21)22-15-11-8-12-16-22/h17-22H,7-16H2,1-6H3. The van der Waals surface area contributed by atoms with Crippen molar-refractivity contribution in [3.8, 4) is 22.6 Å². The van der Waals surface area contributed by atoms with Gasteiger partial charge in [-0.2, -0.15) is 0 Å². The summed E-state index contributed by atoms with van der Waals surface area (Å²) < 4.78 is 58.4. The third-order valence-corrected chi connectivity index (χ3v) is 12.1. The number of ether oxygens (including phenoxy) is 2. The number of halogens is 3. The first-order valence-electron chi connectivity index (χ1n) is 14.5. The molecule has 0 bridgehead atoms. The monoisotopic (exact) mass is 548 g/mol. The zero-order valence-electron chi connectivity index (χ0n) is 23.9. The largest absolute Gasteiger partial charge is 0.496 e. The Kier molecular flexibility index (Phi) is 9.72. The molecule has 6 heteroatoms. The summed E-state index contributed by atoms with van der Waals surface area (Å²) in [5.74, 6) is -2.92. The highest BCUT2D eigenvalue weighted by molar-refractivity contribution is 7.67. The molecule has 0 radical (unpaired) electrons. The molecule has 2 fully saturated rings. The lowest BCUT2D eigenvalue weighted by Crippen LogP contribution is -2.29. The molecule has 210 valence electrons. The summed E-state index contributed by atoms with van der Waals surface area (Å²) in [6, 6.07) is 3.80. The molecule has 4 rings (SSSR count). The lowest BCUT2D eigenvalue weighted by Gasteiger charge is -2.40. The normalized spacial score (nSPS) is 17.6. The lowest BCUT2D eigenvalue weighted by molar-refractivity contribution is 0.406. The van der Waals surface area contributed by atoms with E-state index in [2.05, 4.69) is 0 Å². The molecule has 0 unspecified atom stereocenters. The third-order valence-electron chi connectivity index (χ3n) is 8.54. The number of methoxy groups -OCH3 is 2. The zero-order chi connectivity index (χ0) is 27.6. The molecule has 2 aromatic carbocycles. The van der Waals surface area contributed by atoms with E-state index in [0.29, 0.717) is 22.6 Å². The summed E-state index contributed by atoms with van der Waals surface area (Å²) >= 11 is 0. The molecule has 0 saturated heterocycles. The van der Waals surface area contributed by atoms with Gasteiger partial charge in [-0.3, -0.25) is 0 Å². The molecule has 0 spiro atoms. The van der Waals surface area contributed by atoms with Crippen LogP contribution >= 0.6 is 7.92 Å². The molecule has 2 aliphatic carbocycles. The van der Waals surface area contributed by atoms with E-state index in [-0.39, 0.29) is 23.0 Å². The first-order valence-corrected chi connectivity index (χ1v) is 15.9. The van der Waals surface area contributed by atoms with Crippen LogP contribution in [0.3, 0.4) is 0 Å². The predicted octanol–water partition coefficient (Wildman–Crippen LogP) is 9.81. The van der Waals surface area contributed by atoms with Crippen molar-refractivity contribution in [3.63, 3.8) is 0 Å². The first-order chi connectivity index (χ1) is 18.2. The second kappa shape index (κ2) is 12.6. The molecule has 38 heavy (non-hydrogen) atoms. The average molecular weight is 549 g/mol. The summed E-state index contributed by atoms with van der Waals surface area (Å²) in [6.07, 6.45) is 12.1. The van der Waals surface area contributed by atoms with Gasteiger partial charge in [0.15, 0.2) is 17.5 Å². The Morgan fingerprint density at radius 1 is 0.632 bits per heavy atom. The first kappa shape index (κ1) is 29.2. The minimum atomic E-state index is -1.38. The van der Waals surface area contributed by atoms with Crippen LogP contribution in [0.15, 0.2) is 12.1 Å². The molecule has 0 atom stereocenters. The van der Waals surface area contributed by atoms with Gasteiger partial charge in [0.1, 0.15) is 11.5 Å². The highest BCUT2D eigenvalue weighted by atomic mass is 31.1. The van der Waals surface area contributed by atoms with Gasteiger partial charge in [-0.25, -0.2) is 13.2 Å². The van der Waals surface area contributed by atoms with Crippen molar-refractivity contribution in [3.05, 3.63) is 40.7 Å². The summed E-state index contributed by atoms with van der Waals surface area (Å²) in [6.45, 7) is 7.39. The van der Waals surface area contributed by atoms with E-state index in [1.54, 1.807) is 14.2 Å². The Labute approximate surface area is 228 Å². The maximum Gasteiger partial charge on any atom is 0.195 e. The van der Waals surface area contributed by atoms with Crippen LogP contribution in [0.2, 0.25) is 0 Å². The Balaban J connectivity index is 2.14. The molecule has 2 aromatic rings. The van der Waals surface area contributed by atoms with Gasteiger partial charge in [0, 0.05) is 22.0 Å². The van der Waals surface area contributed by atoms with Gasteiger partial charge < -0.3 is 9.47 Å². The van der Waals surface area contributed by atoms with Crippen molar-refractivity contribution in [2.75, 3.05) is 14.2 Å². The number of hydrogen-bond donors (Lipinski definition) is 0. The molecular formula is C32H44F3O2P. The van der Waals surface area contributed by atoms with Crippen LogP contribution in [-0.4, -0.2) is 25.5 Å². The molecule has 2 nitrogen and oxygen atoms in total. The van der Waals surface area contributed by atoms with E-state index in [4.69, 9.17) is 9.47 Å². The Morgan fingerprint density at radius 3 is 1.45 bits per heavy atom. The molecule has 0 amide bonds. The Morgan fingerprint density at radius 2 is 1.05 bits per heavy atom. The maximum atomic E-state index is 15.7. The van der Waals surface area contributed by atoms with Crippen LogP contribution in [0, 0.1) is 17.5 Å². The molecule has 0 aromatic heterocycles. The van der Waals surface area contributed by atoms with Gasteiger partial charge in [0.25, 0.3) is 0 Å². The van der Waals surface area contributed by atoms with E-state index < -0.39 is 25.4 Å². The lowest BCUT2D eigenvalue weighted by atomic mass is 9.83. The molecule has 2 saturated carbocycles. The minimum Gasteiger partial charge on any atom is -0.496 e. The summed E-state index contributed by atoms with van der Waals surface area (Å²) in [4.78, 5) is 0. The van der Waals surface area contributed by atoms with E-state index in [0.717, 1.165) is 16.6 Å². The van der Waals surface area contributed by atoms with Gasteiger partial charge in [0.05, 0.1) is 14.2 Å². The second-order valence-corrected chi connectivity index (χ2v) is 14.4. The topological polar surface area (TPSA) is 18.5 Å². The van der Waals surface area contributed by atoms with Gasteiger partial charge in [0.2, 0.25) is 0 Å².